The van der Waals surface area contributed by atoms with Crippen molar-refractivity contribution in [3.63, 3.8) is 0 Å². The first kappa shape index (κ1) is 13.5. The average Bonchev–Trinajstić information content (AvgIpc) is 2.85. The quantitative estimate of drug-likeness (QED) is 0.793. The van der Waals surface area contributed by atoms with E-state index in [1.54, 1.807) is 18.0 Å². The van der Waals surface area contributed by atoms with E-state index >= 15 is 0 Å². The summed E-state index contributed by atoms with van der Waals surface area (Å²) >= 11 is 7.66. The Balaban J connectivity index is 2.12. The third kappa shape index (κ3) is 3.77. The molecule has 0 radical (unpaired) electrons. The summed E-state index contributed by atoms with van der Waals surface area (Å²) in [6.45, 7) is 4.04. The first-order valence-electron chi connectivity index (χ1n) is 5.96. The number of aromatic amines is 1. The summed E-state index contributed by atoms with van der Waals surface area (Å²) in [5.41, 5.74) is 1.24. The van der Waals surface area contributed by atoms with Gasteiger partial charge < -0.3 is 10.3 Å². The predicted molar refractivity (Wildman–Crippen MR) is 76.2 cm³/mol. The highest BCUT2D eigenvalue weighted by molar-refractivity contribution is 7.99. The second kappa shape index (κ2) is 6.83. The lowest BCUT2D eigenvalue weighted by Crippen LogP contribution is -2.14. The Kier molecular flexibility index (Phi) is 5.11. The molecule has 0 unspecified atom stereocenters. The molecule has 0 fully saturated rings. The van der Waals surface area contributed by atoms with Crippen molar-refractivity contribution >= 4 is 23.4 Å². The van der Waals surface area contributed by atoms with E-state index in [2.05, 4.69) is 28.3 Å². The molecule has 96 valence electrons. The van der Waals surface area contributed by atoms with Crippen LogP contribution >= 0.6 is 23.4 Å². The normalized spacial score (nSPS) is 10.8. The van der Waals surface area contributed by atoms with Crippen LogP contribution in [0.25, 0.3) is 0 Å². The Morgan fingerprint density at radius 1 is 1.44 bits per heavy atom. The minimum Gasteiger partial charge on any atom is -0.339 e. The largest absolute Gasteiger partial charge is 0.339 e. The van der Waals surface area contributed by atoms with Gasteiger partial charge in [0, 0.05) is 28.9 Å². The fourth-order valence-electron chi connectivity index (χ4n) is 1.58. The maximum atomic E-state index is 6.05. The number of aromatic nitrogens is 2. The second-order valence-corrected chi connectivity index (χ2v) is 5.39. The molecule has 1 heterocycles. The number of halogens is 1. The number of hydrogen-bond donors (Lipinski definition) is 2. The van der Waals surface area contributed by atoms with E-state index in [0.717, 1.165) is 34.6 Å². The standard InChI is InChI=1S/C13H16ClN3S/c1-2-5-15-9-10-3-4-11(14)8-12(10)18-13-16-6-7-17-13/h3-4,6-8,15H,2,5,9H2,1H3,(H,16,17). The summed E-state index contributed by atoms with van der Waals surface area (Å²) in [5, 5.41) is 5.04. The second-order valence-electron chi connectivity index (χ2n) is 3.93. The highest BCUT2D eigenvalue weighted by Gasteiger charge is 2.06. The highest BCUT2D eigenvalue weighted by atomic mass is 35.5. The topological polar surface area (TPSA) is 40.7 Å². The highest BCUT2D eigenvalue weighted by Crippen LogP contribution is 2.30. The van der Waals surface area contributed by atoms with Crippen LogP contribution in [0.5, 0.6) is 0 Å². The van der Waals surface area contributed by atoms with Gasteiger partial charge in [-0.05, 0) is 30.7 Å². The zero-order valence-corrected chi connectivity index (χ0v) is 11.8. The molecule has 1 aromatic heterocycles. The average molecular weight is 282 g/mol. The van der Waals surface area contributed by atoms with Gasteiger partial charge in [0.2, 0.25) is 0 Å². The van der Waals surface area contributed by atoms with Crippen LogP contribution in [-0.4, -0.2) is 16.5 Å². The molecule has 0 bridgehead atoms. The number of imidazole rings is 1. The maximum Gasteiger partial charge on any atom is 0.170 e. The van der Waals surface area contributed by atoms with Gasteiger partial charge in [-0.15, -0.1) is 0 Å². The molecule has 1 aromatic carbocycles. The molecule has 0 atom stereocenters. The van der Waals surface area contributed by atoms with Gasteiger partial charge in [-0.2, -0.15) is 0 Å². The summed E-state index contributed by atoms with van der Waals surface area (Å²) in [6.07, 6.45) is 4.71. The van der Waals surface area contributed by atoms with Crippen molar-refractivity contribution in [3.05, 3.63) is 41.2 Å². The monoisotopic (exact) mass is 281 g/mol. The Hall–Kier alpha value is -0.970. The molecule has 0 spiro atoms. The van der Waals surface area contributed by atoms with E-state index in [-0.39, 0.29) is 0 Å². The zero-order valence-electron chi connectivity index (χ0n) is 10.2. The predicted octanol–water partition coefficient (Wildman–Crippen LogP) is 3.71. The fraction of sp³-hybridized carbons (Fsp3) is 0.308. The molecule has 5 heteroatoms. The van der Waals surface area contributed by atoms with Crippen molar-refractivity contribution in [3.8, 4) is 0 Å². The lowest BCUT2D eigenvalue weighted by Gasteiger charge is -2.09. The van der Waals surface area contributed by atoms with Gasteiger partial charge in [-0.25, -0.2) is 4.98 Å². The van der Waals surface area contributed by atoms with E-state index < -0.39 is 0 Å². The molecule has 0 aliphatic rings. The Bertz CT molecular complexity index is 485. The number of rotatable bonds is 6. The fourth-order valence-corrected chi connectivity index (χ4v) is 2.72. The van der Waals surface area contributed by atoms with Crippen LogP contribution < -0.4 is 5.32 Å². The minimum absolute atomic E-state index is 0.753. The number of nitrogens with zero attached hydrogens (tertiary/aromatic N) is 1. The number of hydrogen-bond acceptors (Lipinski definition) is 3. The van der Waals surface area contributed by atoms with Crippen molar-refractivity contribution in [2.45, 2.75) is 29.9 Å². The van der Waals surface area contributed by atoms with Crippen molar-refractivity contribution in [2.75, 3.05) is 6.54 Å². The van der Waals surface area contributed by atoms with E-state index in [9.17, 15) is 0 Å². The van der Waals surface area contributed by atoms with Crippen LogP contribution in [0, 0.1) is 0 Å². The summed E-state index contributed by atoms with van der Waals surface area (Å²) in [5.74, 6) is 0. The molecule has 2 N–H and O–H groups in total. The van der Waals surface area contributed by atoms with Gasteiger partial charge in [0.05, 0.1) is 0 Å². The molecule has 0 saturated carbocycles. The maximum absolute atomic E-state index is 6.05. The SMILES string of the molecule is CCCNCc1ccc(Cl)cc1Sc1ncc[nH]1. The molecule has 2 rings (SSSR count). The molecule has 0 aliphatic heterocycles. The number of benzene rings is 1. The van der Waals surface area contributed by atoms with Crippen LogP contribution in [-0.2, 0) is 6.54 Å². The van der Waals surface area contributed by atoms with E-state index in [1.807, 2.05) is 18.3 Å². The first-order chi connectivity index (χ1) is 8.79. The summed E-state index contributed by atoms with van der Waals surface area (Å²) in [7, 11) is 0. The van der Waals surface area contributed by atoms with Gasteiger partial charge >= 0.3 is 0 Å². The van der Waals surface area contributed by atoms with Crippen LogP contribution in [0.4, 0.5) is 0 Å². The van der Waals surface area contributed by atoms with Crippen LogP contribution in [0.2, 0.25) is 5.02 Å². The summed E-state index contributed by atoms with van der Waals surface area (Å²) in [6, 6.07) is 5.98. The Labute approximate surface area is 116 Å². The van der Waals surface area contributed by atoms with Gasteiger partial charge in [0.25, 0.3) is 0 Å². The number of H-pyrrole nitrogens is 1. The third-order valence-electron chi connectivity index (χ3n) is 2.45. The van der Waals surface area contributed by atoms with Crippen LogP contribution in [0.15, 0.2) is 40.6 Å². The molecule has 3 nitrogen and oxygen atoms in total. The third-order valence-corrected chi connectivity index (χ3v) is 3.70. The molecule has 18 heavy (non-hydrogen) atoms. The van der Waals surface area contributed by atoms with Gasteiger partial charge in [0.15, 0.2) is 5.16 Å². The van der Waals surface area contributed by atoms with E-state index in [1.165, 1.54) is 5.56 Å². The molecular formula is C13H16ClN3S. The van der Waals surface area contributed by atoms with Crippen molar-refractivity contribution in [1.82, 2.24) is 15.3 Å². The lowest BCUT2D eigenvalue weighted by molar-refractivity contribution is 0.669. The minimum atomic E-state index is 0.753. The van der Waals surface area contributed by atoms with Gasteiger partial charge in [0.1, 0.15) is 0 Å². The van der Waals surface area contributed by atoms with E-state index in [4.69, 9.17) is 11.6 Å². The Morgan fingerprint density at radius 2 is 2.33 bits per heavy atom. The summed E-state index contributed by atoms with van der Waals surface area (Å²) in [4.78, 5) is 8.45. The number of nitrogens with one attached hydrogen (secondary N) is 2. The lowest BCUT2D eigenvalue weighted by atomic mass is 10.2. The smallest absolute Gasteiger partial charge is 0.170 e. The molecule has 2 aromatic rings. The molecule has 0 aliphatic carbocycles. The molecule has 0 amide bonds. The van der Waals surface area contributed by atoms with Gasteiger partial charge in [-0.3, -0.25) is 0 Å². The van der Waals surface area contributed by atoms with Gasteiger partial charge in [-0.1, -0.05) is 36.4 Å². The summed E-state index contributed by atoms with van der Waals surface area (Å²) < 4.78 is 0. The molecule has 0 saturated heterocycles. The Morgan fingerprint density at radius 3 is 3.06 bits per heavy atom. The van der Waals surface area contributed by atoms with Crippen LogP contribution in [0.1, 0.15) is 18.9 Å². The zero-order chi connectivity index (χ0) is 12.8. The molecular weight excluding hydrogens is 266 g/mol. The first-order valence-corrected chi connectivity index (χ1v) is 7.15. The van der Waals surface area contributed by atoms with Crippen molar-refractivity contribution < 1.29 is 0 Å². The van der Waals surface area contributed by atoms with Crippen molar-refractivity contribution in [1.29, 1.82) is 0 Å². The van der Waals surface area contributed by atoms with Crippen LogP contribution in [0.3, 0.4) is 0 Å². The van der Waals surface area contributed by atoms with E-state index in [0.29, 0.717) is 0 Å². The van der Waals surface area contributed by atoms with Crippen molar-refractivity contribution in [2.24, 2.45) is 0 Å².